The summed E-state index contributed by atoms with van der Waals surface area (Å²) in [6.45, 7) is 2.34. The summed E-state index contributed by atoms with van der Waals surface area (Å²) in [6, 6.07) is 3.90. The maximum absolute atomic E-state index is 13.2. The number of fused-ring (bicyclic) bond motifs is 1. The third-order valence-corrected chi connectivity index (χ3v) is 5.31. The Bertz CT molecular complexity index is 1020. The van der Waals surface area contributed by atoms with Crippen LogP contribution in [0.5, 0.6) is 11.6 Å². The van der Waals surface area contributed by atoms with Crippen LogP contribution in [-0.4, -0.2) is 48.3 Å². The molecule has 2 aliphatic rings. The average Bonchev–Trinajstić information content (AvgIpc) is 3.54. The van der Waals surface area contributed by atoms with Crippen LogP contribution in [-0.2, 0) is 6.54 Å². The van der Waals surface area contributed by atoms with Crippen LogP contribution in [0.25, 0.3) is 11.3 Å². The van der Waals surface area contributed by atoms with Gasteiger partial charge in [0.15, 0.2) is 5.75 Å². The summed E-state index contributed by atoms with van der Waals surface area (Å²) >= 11 is 0. The molecule has 0 bridgehead atoms. The third-order valence-electron chi connectivity index (χ3n) is 5.31. The van der Waals surface area contributed by atoms with Gasteiger partial charge in [0.25, 0.3) is 11.8 Å². The van der Waals surface area contributed by atoms with Gasteiger partial charge in [0.2, 0.25) is 0 Å². The highest BCUT2D eigenvalue weighted by molar-refractivity contribution is 6.03. The molecule has 0 saturated heterocycles. The summed E-state index contributed by atoms with van der Waals surface area (Å²) in [5, 5.41) is 0. The van der Waals surface area contributed by atoms with E-state index in [1.54, 1.807) is 38.6 Å². The molecule has 1 aliphatic carbocycles. The number of allylic oxidation sites excluding steroid dienone is 2. The summed E-state index contributed by atoms with van der Waals surface area (Å²) in [5.41, 5.74) is 5.03. The minimum absolute atomic E-state index is 0.000568. The molecule has 0 spiro atoms. The molecule has 0 aromatic carbocycles. The number of aromatic nitrogens is 2. The highest BCUT2D eigenvalue weighted by atomic mass is 16.5. The van der Waals surface area contributed by atoms with E-state index >= 15 is 0 Å². The number of ether oxygens (including phenoxy) is 2. The summed E-state index contributed by atoms with van der Waals surface area (Å²) in [5.74, 6) is 1.39. The normalized spacial score (nSPS) is 16.5. The first-order valence-electron chi connectivity index (χ1n) is 9.63. The van der Waals surface area contributed by atoms with Crippen molar-refractivity contribution in [1.82, 2.24) is 14.9 Å². The van der Waals surface area contributed by atoms with Crippen LogP contribution in [0.4, 0.5) is 0 Å². The van der Waals surface area contributed by atoms with Gasteiger partial charge in [0.1, 0.15) is 0 Å². The van der Waals surface area contributed by atoms with Gasteiger partial charge in [-0.3, -0.25) is 14.8 Å². The highest BCUT2D eigenvalue weighted by Gasteiger charge is 2.38. The van der Waals surface area contributed by atoms with E-state index in [1.807, 2.05) is 25.1 Å². The van der Waals surface area contributed by atoms with E-state index in [2.05, 4.69) is 9.98 Å². The van der Waals surface area contributed by atoms with E-state index in [0.29, 0.717) is 24.1 Å². The third kappa shape index (κ3) is 3.37. The molecular formula is C22H24N4O3. The van der Waals surface area contributed by atoms with Crippen LogP contribution in [0.15, 0.2) is 35.1 Å². The van der Waals surface area contributed by atoms with Crippen LogP contribution < -0.4 is 9.47 Å². The zero-order valence-electron chi connectivity index (χ0n) is 17.1. The SMILES string of the molecule is C/C=C(\C=N/C)N1Cc2nc(-c3cnc(OC)c(OC)c3)cc(C3CC3)c2C1=O. The second-order valence-corrected chi connectivity index (χ2v) is 7.12. The smallest absolute Gasteiger partial charge is 0.260 e. The summed E-state index contributed by atoms with van der Waals surface area (Å²) in [7, 11) is 4.84. The van der Waals surface area contributed by atoms with E-state index in [0.717, 1.165) is 46.6 Å². The van der Waals surface area contributed by atoms with Crippen LogP contribution in [0, 0.1) is 0 Å². The number of carbonyl (C=O) groups is 1. The highest BCUT2D eigenvalue weighted by Crippen LogP contribution is 2.45. The Labute approximate surface area is 170 Å². The lowest BCUT2D eigenvalue weighted by atomic mass is 10.00. The lowest BCUT2D eigenvalue weighted by Crippen LogP contribution is -2.24. The van der Waals surface area contributed by atoms with Crippen LogP contribution in [0.3, 0.4) is 0 Å². The van der Waals surface area contributed by atoms with Gasteiger partial charge in [-0.2, -0.15) is 0 Å². The maximum atomic E-state index is 13.2. The van der Waals surface area contributed by atoms with Crippen molar-refractivity contribution in [2.45, 2.75) is 32.2 Å². The van der Waals surface area contributed by atoms with Crippen LogP contribution in [0.2, 0.25) is 0 Å². The molecule has 0 atom stereocenters. The van der Waals surface area contributed by atoms with Gasteiger partial charge in [0.05, 0.1) is 43.4 Å². The first kappa shape index (κ1) is 19.1. The number of aliphatic imine (C=N–C) groups is 1. The predicted molar refractivity (Wildman–Crippen MR) is 111 cm³/mol. The van der Waals surface area contributed by atoms with Gasteiger partial charge in [-0.1, -0.05) is 6.08 Å². The number of carbonyl (C=O) groups excluding carboxylic acids is 1. The number of methoxy groups -OCH3 is 2. The number of hydrogen-bond acceptors (Lipinski definition) is 6. The van der Waals surface area contributed by atoms with Crippen molar-refractivity contribution in [3.8, 4) is 22.9 Å². The zero-order chi connectivity index (χ0) is 20.5. The number of amides is 1. The van der Waals surface area contributed by atoms with Gasteiger partial charge in [0, 0.05) is 25.0 Å². The summed E-state index contributed by atoms with van der Waals surface area (Å²) in [4.78, 5) is 28.2. The Hall–Kier alpha value is -3.22. The van der Waals surface area contributed by atoms with Gasteiger partial charge in [-0.15, -0.1) is 0 Å². The molecule has 3 heterocycles. The average molecular weight is 392 g/mol. The molecule has 150 valence electrons. The molecule has 0 radical (unpaired) electrons. The fourth-order valence-electron chi connectivity index (χ4n) is 3.71. The molecule has 4 rings (SSSR count). The van der Waals surface area contributed by atoms with E-state index < -0.39 is 0 Å². The van der Waals surface area contributed by atoms with Crippen molar-refractivity contribution in [3.63, 3.8) is 0 Å². The monoisotopic (exact) mass is 392 g/mol. The molecule has 7 nitrogen and oxygen atoms in total. The van der Waals surface area contributed by atoms with E-state index in [9.17, 15) is 4.79 Å². The molecule has 2 aromatic rings. The molecule has 1 saturated carbocycles. The number of nitrogens with zero attached hydrogens (tertiary/aromatic N) is 4. The Morgan fingerprint density at radius 3 is 2.69 bits per heavy atom. The molecule has 0 unspecified atom stereocenters. The molecular weight excluding hydrogens is 368 g/mol. The predicted octanol–water partition coefficient (Wildman–Crippen LogP) is 3.60. The maximum Gasteiger partial charge on any atom is 0.260 e. The Morgan fingerprint density at radius 2 is 2.07 bits per heavy atom. The fraction of sp³-hybridized carbons (Fsp3) is 0.364. The quantitative estimate of drug-likeness (QED) is 0.702. The van der Waals surface area contributed by atoms with Crippen molar-refractivity contribution in [2.24, 2.45) is 4.99 Å². The molecule has 2 aromatic heterocycles. The standard InChI is InChI=1S/C22H24N4O3/c1-5-15(11-23-2)26-12-18-20(22(26)27)16(13-6-7-13)9-17(25-18)14-8-19(28-3)21(29-4)24-10-14/h5,8-11,13H,6-7,12H2,1-4H3/b15-5+,23-11-. The minimum Gasteiger partial charge on any atom is -0.491 e. The van der Waals surface area contributed by atoms with Gasteiger partial charge in [-0.25, -0.2) is 4.98 Å². The van der Waals surface area contributed by atoms with Gasteiger partial charge < -0.3 is 14.4 Å². The van der Waals surface area contributed by atoms with Crippen molar-refractivity contribution >= 4 is 12.1 Å². The molecule has 1 amide bonds. The lowest BCUT2D eigenvalue weighted by Gasteiger charge is -2.15. The number of pyridine rings is 2. The Morgan fingerprint density at radius 1 is 1.28 bits per heavy atom. The fourth-order valence-corrected chi connectivity index (χ4v) is 3.71. The van der Waals surface area contributed by atoms with Gasteiger partial charge >= 0.3 is 0 Å². The first-order chi connectivity index (χ1) is 14.1. The Kier molecular flexibility index (Phi) is 5.05. The lowest BCUT2D eigenvalue weighted by molar-refractivity contribution is 0.0833. The Balaban J connectivity index is 1.80. The molecule has 29 heavy (non-hydrogen) atoms. The summed E-state index contributed by atoms with van der Waals surface area (Å²) < 4.78 is 10.6. The van der Waals surface area contributed by atoms with Crippen LogP contribution in [0.1, 0.15) is 47.3 Å². The van der Waals surface area contributed by atoms with E-state index in [-0.39, 0.29) is 5.91 Å². The van der Waals surface area contributed by atoms with E-state index in [4.69, 9.17) is 14.5 Å². The minimum atomic E-state index is -0.000568. The van der Waals surface area contributed by atoms with Crippen molar-refractivity contribution < 1.29 is 14.3 Å². The van der Waals surface area contributed by atoms with Crippen molar-refractivity contribution in [3.05, 3.63) is 46.9 Å². The van der Waals surface area contributed by atoms with Crippen molar-refractivity contribution in [1.29, 1.82) is 0 Å². The second-order valence-electron chi connectivity index (χ2n) is 7.12. The molecule has 1 aliphatic heterocycles. The number of rotatable bonds is 6. The first-order valence-corrected chi connectivity index (χ1v) is 9.63. The van der Waals surface area contributed by atoms with E-state index in [1.165, 1.54) is 0 Å². The second kappa shape index (κ2) is 7.66. The summed E-state index contributed by atoms with van der Waals surface area (Å²) in [6.07, 6.45) is 7.52. The zero-order valence-corrected chi connectivity index (χ0v) is 17.1. The molecule has 7 heteroatoms. The molecule has 0 N–H and O–H groups in total. The topological polar surface area (TPSA) is 76.9 Å². The van der Waals surface area contributed by atoms with Gasteiger partial charge in [-0.05, 0) is 43.4 Å². The molecule has 1 fully saturated rings. The largest absolute Gasteiger partial charge is 0.491 e. The number of hydrogen-bond donors (Lipinski definition) is 0. The van der Waals surface area contributed by atoms with Crippen molar-refractivity contribution in [2.75, 3.05) is 21.3 Å². The van der Waals surface area contributed by atoms with Crippen LogP contribution >= 0.6 is 0 Å².